The van der Waals surface area contributed by atoms with Gasteiger partial charge in [-0.25, -0.2) is 4.98 Å². The largest absolute Gasteiger partial charge is 0.358 e. The average Bonchev–Trinajstić information content (AvgIpc) is 2.85. The summed E-state index contributed by atoms with van der Waals surface area (Å²) in [6.45, 7) is 1.82. The molecule has 102 valence electrons. The number of nitrogens with zero attached hydrogens (tertiary/aromatic N) is 3. The number of hydrogen-bond donors (Lipinski definition) is 2. The molecule has 0 radical (unpaired) electrons. The van der Waals surface area contributed by atoms with Gasteiger partial charge in [0.2, 0.25) is 11.9 Å². The van der Waals surface area contributed by atoms with Gasteiger partial charge in [0.1, 0.15) is 16.7 Å². The van der Waals surface area contributed by atoms with Gasteiger partial charge in [0.25, 0.3) is 0 Å². The molecule has 6 nitrogen and oxygen atoms in total. The lowest BCUT2D eigenvalue weighted by Crippen LogP contribution is -2.36. The monoisotopic (exact) mass is 279 g/mol. The van der Waals surface area contributed by atoms with Gasteiger partial charge in [-0.2, -0.15) is 4.98 Å². The summed E-state index contributed by atoms with van der Waals surface area (Å²) in [7, 11) is 5.24. The number of fused-ring (bicyclic) bond motifs is 1. The fourth-order valence-electron chi connectivity index (χ4n) is 1.73. The molecule has 19 heavy (non-hydrogen) atoms. The van der Waals surface area contributed by atoms with Gasteiger partial charge in [-0.15, -0.1) is 11.3 Å². The number of carbonyl (C=O) groups excluding carboxylic acids is 1. The number of rotatable bonds is 4. The summed E-state index contributed by atoms with van der Waals surface area (Å²) >= 11 is 1.55. The lowest BCUT2D eigenvalue weighted by atomic mass is 10.3. The maximum atomic E-state index is 11.9. The second-order valence-electron chi connectivity index (χ2n) is 4.38. The number of aromatic nitrogens is 2. The number of anilines is 2. The molecular formula is C12H17N5OS. The van der Waals surface area contributed by atoms with Gasteiger partial charge < -0.3 is 15.5 Å². The molecule has 0 spiro atoms. The van der Waals surface area contributed by atoms with Crippen molar-refractivity contribution in [3.63, 3.8) is 0 Å². The molecule has 0 saturated heterocycles. The van der Waals surface area contributed by atoms with Gasteiger partial charge in [-0.05, 0) is 18.4 Å². The predicted octanol–water partition coefficient (Wildman–Crippen LogP) is 1.62. The quantitative estimate of drug-likeness (QED) is 0.890. The van der Waals surface area contributed by atoms with Crippen LogP contribution in [0.5, 0.6) is 0 Å². The van der Waals surface area contributed by atoms with Crippen LogP contribution in [0.2, 0.25) is 0 Å². The minimum Gasteiger partial charge on any atom is -0.358 e. The zero-order chi connectivity index (χ0) is 14.0. The Hall–Kier alpha value is -1.89. The van der Waals surface area contributed by atoms with Crippen LogP contribution in [0.25, 0.3) is 10.2 Å². The van der Waals surface area contributed by atoms with Crippen molar-refractivity contribution in [2.45, 2.75) is 13.0 Å². The summed E-state index contributed by atoms with van der Waals surface area (Å²) in [4.78, 5) is 23.1. The molecule has 2 N–H and O–H groups in total. The standard InChI is InChI=1S/C12H17N5OS/c1-7(11(18)17(3)4)14-9-8-5-6-19-10(8)16-12(13-2)15-9/h5-7H,1-4H3,(H2,13,14,15,16). The molecule has 0 aromatic carbocycles. The van der Waals surface area contributed by atoms with E-state index in [4.69, 9.17) is 0 Å². The normalized spacial score (nSPS) is 12.2. The van der Waals surface area contributed by atoms with Crippen molar-refractivity contribution in [2.24, 2.45) is 0 Å². The molecule has 0 aliphatic carbocycles. The third-order valence-electron chi connectivity index (χ3n) is 2.71. The third-order valence-corrected chi connectivity index (χ3v) is 3.52. The number of hydrogen-bond acceptors (Lipinski definition) is 6. The molecule has 1 unspecified atom stereocenters. The van der Waals surface area contributed by atoms with Crippen LogP contribution in [0.15, 0.2) is 11.4 Å². The Morgan fingerprint density at radius 3 is 2.79 bits per heavy atom. The fraction of sp³-hybridized carbons (Fsp3) is 0.417. The Morgan fingerprint density at radius 2 is 2.16 bits per heavy atom. The Kier molecular flexibility index (Phi) is 3.84. The molecule has 7 heteroatoms. The van der Waals surface area contributed by atoms with E-state index >= 15 is 0 Å². The van der Waals surface area contributed by atoms with E-state index in [9.17, 15) is 4.79 Å². The van der Waals surface area contributed by atoms with Gasteiger partial charge in [-0.3, -0.25) is 4.79 Å². The van der Waals surface area contributed by atoms with E-state index < -0.39 is 0 Å². The number of nitrogens with one attached hydrogen (secondary N) is 2. The van der Waals surface area contributed by atoms with Crippen LogP contribution in [0, 0.1) is 0 Å². The molecular weight excluding hydrogens is 262 g/mol. The van der Waals surface area contributed by atoms with Gasteiger partial charge in [0.05, 0.1) is 5.39 Å². The molecule has 0 saturated carbocycles. The molecule has 0 bridgehead atoms. The van der Waals surface area contributed by atoms with E-state index in [1.807, 2.05) is 18.4 Å². The van der Waals surface area contributed by atoms with Crippen molar-refractivity contribution >= 4 is 39.2 Å². The van der Waals surface area contributed by atoms with Crippen molar-refractivity contribution in [2.75, 3.05) is 31.8 Å². The van der Waals surface area contributed by atoms with Crippen LogP contribution in [0.4, 0.5) is 11.8 Å². The topological polar surface area (TPSA) is 70.2 Å². The van der Waals surface area contributed by atoms with Crippen molar-refractivity contribution in [1.82, 2.24) is 14.9 Å². The molecule has 0 aliphatic rings. The predicted molar refractivity (Wildman–Crippen MR) is 78.7 cm³/mol. The first-order valence-corrected chi connectivity index (χ1v) is 6.81. The Bertz CT molecular complexity index is 595. The van der Waals surface area contributed by atoms with Crippen molar-refractivity contribution in [3.8, 4) is 0 Å². The smallest absolute Gasteiger partial charge is 0.244 e. The summed E-state index contributed by atoms with van der Waals surface area (Å²) in [5.41, 5.74) is 0. The Labute approximate surface area is 115 Å². The summed E-state index contributed by atoms with van der Waals surface area (Å²) in [6.07, 6.45) is 0. The highest BCUT2D eigenvalue weighted by atomic mass is 32.1. The lowest BCUT2D eigenvalue weighted by molar-refractivity contribution is -0.129. The molecule has 0 aliphatic heterocycles. The first-order chi connectivity index (χ1) is 9.02. The van der Waals surface area contributed by atoms with E-state index in [1.54, 1.807) is 37.4 Å². The minimum atomic E-state index is -0.335. The number of likely N-dealkylation sites (N-methyl/N-ethyl adjacent to an activating group) is 1. The molecule has 0 fully saturated rings. The maximum Gasteiger partial charge on any atom is 0.244 e. The second-order valence-corrected chi connectivity index (χ2v) is 5.28. The number of thiophene rings is 1. The average molecular weight is 279 g/mol. The molecule has 1 atom stereocenters. The molecule has 2 heterocycles. The maximum absolute atomic E-state index is 11.9. The SMILES string of the molecule is CNc1nc(NC(C)C(=O)N(C)C)c2ccsc2n1. The van der Waals surface area contributed by atoms with E-state index in [2.05, 4.69) is 20.6 Å². The molecule has 1 amide bonds. The van der Waals surface area contributed by atoms with Crippen molar-refractivity contribution in [1.29, 1.82) is 0 Å². The highest BCUT2D eigenvalue weighted by Crippen LogP contribution is 2.26. The van der Waals surface area contributed by atoms with E-state index in [1.165, 1.54) is 0 Å². The highest BCUT2D eigenvalue weighted by Gasteiger charge is 2.17. The number of amides is 1. The van der Waals surface area contributed by atoms with Crippen LogP contribution in [0.3, 0.4) is 0 Å². The van der Waals surface area contributed by atoms with Gasteiger partial charge in [0, 0.05) is 21.1 Å². The molecule has 2 aromatic heterocycles. The Balaban J connectivity index is 2.33. The molecule has 2 rings (SSSR count). The zero-order valence-electron chi connectivity index (χ0n) is 11.4. The summed E-state index contributed by atoms with van der Waals surface area (Å²) in [5.74, 6) is 1.23. The van der Waals surface area contributed by atoms with Crippen LogP contribution in [-0.2, 0) is 4.79 Å². The summed E-state index contributed by atoms with van der Waals surface area (Å²) < 4.78 is 0. The first kappa shape index (κ1) is 13.5. The first-order valence-electron chi connectivity index (χ1n) is 5.93. The minimum absolute atomic E-state index is 0.00741. The lowest BCUT2D eigenvalue weighted by Gasteiger charge is -2.19. The van der Waals surface area contributed by atoms with E-state index in [-0.39, 0.29) is 11.9 Å². The van der Waals surface area contributed by atoms with Gasteiger partial charge in [-0.1, -0.05) is 0 Å². The zero-order valence-corrected chi connectivity index (χ0v) is 12.2. The van der Waals surface area contributed by atoms with E-state index in [0.717, 1.165) is 10.2 Å². The van der Waals surface area contributed by atoms with Crippen molar-refractivity contribution < 1.29 is 4.79 Å². The van der Waals surface area contributed by atoms with Crippen LogP contribution < -0.4 is 10.6 Å². The van der Waals surface area contributed by atoms with Crippen LogP contribution in [0.1, 0.15) is 6.92 Å². The Morgan fingerprint density at radius 1 is 1.42 bits per heavy atom. The fourth-order valence-corrected chi connectivity index (χ4v) is 2.50. The van der Waals surface area contributed by atoms with Gasteiger partial charge >= 0.3 is 0 Å². The molecule has 2 aromatic rings. The second kappa shape index (κ2) is 5.40. The van der Waals surface area contributed by atoms with E-state index in [0.29, 0.717) is 11.8 Å². The third kappa shape index (κ3) is 2.76. The number of carbonyl (C=O) groups is 1. The van der Waals surface area contributed by atoms with Crippen LogP contribution in [-0.4, -0.2) is 48.0 Å². The van der Waals surface area contributed by atoms with Crippen molar-refractivity contribution in [3.05, 3.63) is 11.4 Å². The summed E-state index contributed by atoms with van der Waals surface area (Å²) in [5, 5.41) is 8.97. The summed E-state index contributed by atoms with van der Waals surface area (Å²) in [6, 6.07) is 1.62. The van der Waals surface area contributed by atoms with Gasteiger partial charge in [0.15, 0.2) is 0 Å². The van der Waals surface area contributed by atoms with Crippen LogP contribution >= 0.6 is 11.3 Å². The highest BCUT2D eigenvalue weighted by molar-refractivity contribution is 7.16.